The standard InChI is InChI=1S/C17H16N6O4/c1-21-14-13(16(24)22(2)17(21)25)23(9-18-14)8-12-19-20-15(27-12)10-4-6-11(26-3)7-5-10/h4-7,9H,8H2,1-3H3. The van der Waals surface area contributed by atoms with Crippen molar-refractivity contribution in [3.05, 3.63) is 57.3 Å². The molecular weight excluding hydrogens is 352 g/mol. The first-order valence-electron chi connectivity index (χ1n) is 8.07. The van der Waals surface area contributed by atoms with Crippen molar-refractivity contribution in [1.82, 2.24) is 28.9 Å². The predicted molar refractivity (Wildman–Crippen MR) is 95.6 cm³/mol. The third-order valence-electron chi connectivity index (χ3n) is 4.33. The van der Waals surface area contributed by atoms with Crippen LogP contribution < -0.4 is 16.0 Å². The lowest BCUT2D eigenvalue weighted by atomic mass is 10.2. The largest absolute Gasteiger partial charge is 0.497 e. The summed E-state index contributed by atoms with van der Waals surface area (Å²) in [4.78, 5) is 28.6. The van der Waals surface area contributed by atoms with Gasteiger partial charge in [0.2, 0.25) is 11.8 Å². The molecular formula is C17H16N6O4. The average molecular weight is 368 g/mol. The van der Waals surface area contributed by atoms with Gasteiger partial charge < -0.3 is 13.7 Å². The van der Waals surface area contributed by atoms with Crippen molar-refractivity contribution >= 4 is 11.2 Å². The summed E-state index contributed by atoms with van der Waals surface area (Å²) in [5, 5.41) is 8.08. The summed E-state index contributed by atoms with van der Waals surface area (Å²) in [5.41, 5.74) is 0.489. The lowest BCUT2D eigenvalue weighted by Gasteiger charge is -2.04. The molecule has 0 bridgehead atoms. The van der Waals surface area contributed by atoms with Crippen LogP contribution in [0.15, 0.2) is 44.6 Å². The summed E-state index contributed by atoms with van der Waals surface area (Å²) in [5.74, 6) is 1.40. The van der Waals surface area contributed by atoms with Crippen molar-refractivity contribution in [2.75, 3.05) is 7.11 Å². The predicted octanol–water partition coefficient (Wildman–Crippen LogP) is 0.541. The van der Waals surface area contributed by atoms with Gasteiger partial charge in [0.25, 0.3) is 5.56 Å². The van der Waals surface area contributed by atoms with Gasteiger partial charge in [-0.2, -0.15) is 0 Å². The number of rotatable bonds is 4. The topological polar surface area (TPSA) is 110 Å². The van der Waals surface area contributed by atoms with E-state index in [1.807, 2.05) is 12.1 Å². The van der Waals surface area contributed by atoms with Crippen molar-refractivity contribution in [3.63, 3.8) is 0 Å². The van der Waals surface area contributed by atoms with Crippen LogP contribution >= 0.6 is 0 Å². The third kappa shape index (κ3) is 2.71. The van der Waals surface area contributed by atoms with Crippen molar-refractivity contribution < 1.29 is 9.15 Å². The summed E-state index contributed by atoms with van der Waals surface area (Å²) < 4.78 is 14.8. The number of imidazole rings is 1. The molecule has 0 saturated carbocycles. The number of hydrogen-bond donors (Lipinski definition) is 0. The van der Waals surface area contributed by atoms with Crippen LogP contribution in [0.3, 0.4) is 0 Å². The molecule has 3 heterocycles. The monoisotopic (exact) mass is 368 g/mol. The lowest BCUT2D eigenvalue weighted by Crippen LogP contribution is -2.37. The Hall–Kier alpha value is -3.69. The maximum absolute atomic E-state index is 12.5. The Bertz CT molecular complexity index is 1250. The zero-order chi connectivity index (χ0) is 19.1. The lowest BCUT2D eigenvalue weighted by molar-refractivity contribution is 0.415. The van der Waals surface area contributed by atoms with Gasteiger partial charge in [-0.1, -0.05) is 0 Å². The fourth-order valence-electron chi connectivity index (χ4n) is 2.83. The van der Waals surface area contributed by atoms with Crippen LogP contribution in [0.5, 0.6) is 5.75 Å². The number of aryl methyl sites for hydroxylation is 1. The molecule has 0 saturated heterocycles. The Balaban J connectivity index is 1.70. The molecule has 0 unspecified atom stereocenters. The molecule has 0 aliphatic heterocycles. The summed E-state index contributed by atoms with van der Waals surface area (Å²) in [7, 11) is 4.58. The molecule has 1 aromatic carbocycles. The molecule has 0 radical (unpaired) electrons. The highest BCUT2D eigenvalue weighted by molar-refractivity contribution is 5.70. The smallest absolute Gasteiger partial charge is 0.332 e. The third-order valence-corrected chi connectivity index (χ3v) is 4.33. The maximum atomic E-state index is 12.5. The summed E-state index contributed by atoms with van der Waals surface area (Å²) in [6, 6.07) is 7.22. The normalized spacial score (nSPS) is 11.2. The van der Waals surface area contributed by atoms with E-state index in [-0.39, 0.29) is 6.54 Å². The highest BCUT2D eigenvalue weighted by Gasteiger charge is 2.16. The van der Waals surface area contributed by atoms with Crippen molar-refractivity contribution in [3.8, 4) is 17.2 Å². The molecule has 10 nitrogen and oxygen atoms in total. The average Bonchev–Trinajstić information content (AvgIpc) is 3.32. The molecule has 27 heavy (non-hydrogen) atoms. The van der Waals surface area contributed by atoms with Gasteiger partial charge in [-0.05, 0) is 24.3 Å². The van der Waals surface area contributed by atoms with Crippen LogP contribution in [0.4, 0.5) is 0 Å². The van der Waals surface area contributed by atoms with Crippen LogP contribution in [0, 0.1) is 0 Å². The van der Waals surface area contributed by atoms with Crippen LogP contribution in [-0.2, 0) is 20.6 Å². The number of ether oxygens (including phenoxy) is 1. The molecule has 4 aromatic rings. The van der Waals surface area contributed by atoms with E-state index in [1.165, 1.54) is 17.9 Å². The van der Waals surface area contributed by atoms with Crippen LogP contribution in [0.25, 0.3) is 22.6 Å². The Kier molecular flexibility index (Phi) is 3.87. The van der Waals surface area contributed by atoms with E-state index in [9.17, 15) is 9.59 Å². The molecule has 138 valence electrons. The Morgan fingerprint density at radius 3 is 2.52 bits per heavy atom. The molecule has 0 atom stereocenters. The van der Waals surface area contributed by atoms with Gasteiger partial charge in [0.05, 0.1) is 13.4 Å². The number of benzene rings is 1. The van der Waals surface area contributed by atoms with Gasteiger partial charge in [-0.3, -0.25) is 13.9 Å². The van der Waals surface area contributed by atoms with Crippen LogP contribution in [0.2, 0.25) is 0 Å². The van der Waals surface area contributed by atoms with E-state index in [0.29, 0.717) is 22.9 Å². The zero-order valence-corrected chi connectivity index (χ0v) is 14.9. The SMILES string of the molecule is COc1ccc(-c2nnc(Cn3cnc4c3c(=O)n(C)c(=O)n4C)o2)cc1. The molecule has 10 heteroatoms. The highest BCUT2D eigenvalue weighted by Crippen LogP contribution is 2.21. The number of hydrogen-bond acceptors (Lipinski definition) is 7. The van der Waals surface area contributed by atoms with Crippen molar-refractivity contribution in [2.45, 2.75) is 6.54 Å². The first-order valence-corrected chi connectivity index (χ1v) is 8.07. The minimum atomic E-state index is -0.433. The zero-order valence-electron chi connectivity index (χ0n) is 14.9. The van der Waals surface area contributed by atoms with Crippen LogP contribution in [-0.4, -0.2) is 36.0 Å². The number of nitrogens with zero attached hydrogens (tertiary/aromatic N) is 6. The fourth-order valence-corrected chi connectivity index (χ4v) is 2.83. The fraction of sp³-hybridized carbons (Fsp3) is 0.235. The van der Waals surface area contributed by atoms with E-state index in [2.05, 4.69) is 15.2 Å². The summed E-state index contributed by atoms with van der Waals surface area (Å²) >= 11 is 0. The number of aromatic nitrogens is 6. The van der Waals surface area contributed by atoms with Gasteiger partial charge in [0, 0.05) is 19.7 Å². The Labute approximate surface area is 152 Å². The van der Waals surface area contributed by atoms with Gasteiger partial charge in [-0.25, -0.2) is 9.78 Å². The van der Waals surface area contributed by atoms with E-state index < -0.39 is 11.2 Å². The number of fused-ring (bicyclic) bond motifs is 1. The molecule has 0 aliphatic rings. The van der Waals surface area contributed by atoms with Crippen molar-refractivity contribution in [1.29, 1.82) is 0 Å². The summed E-state index contributed by atoms with van der Waals surface area (Å²) in [6.45, 7) is 0.160. The molecule has 0 fully saturated rings. The first-order chi connectivity index (χ1) is 13.0. The second-order valence-corrected chi connectivity index (χ2v) is 5.98. The molecule has 3 aromatic heterocycles. The molecule has 0 N–H and O–H groups in total. The first kappa shape index (κ1) is 16.8. The Morgan fingerprint density at radius 1 is 1.07 bits per heavy atom. The highest BCUT2D eigenvalue weighted by atomic mass is 16.5. The van der Waals surface area contributed by atoms with E-state index in [4.69, 9.17) is 9.15 Å². The van der Waals surface area contributed by atoms with Gasteiger partial charge >= 0.3 is 5.69 Å². The van der Waals surface area contributed by atoms with E-state index >= 15 is 0 Å². The van der Waals surface area contributed by atoms with Crippen LogP contribution in [0.1, 0.15) is 5.89 Å². The van der Waals surface area contributed by atoms with Gasteiger partial charge in [0.1, 0.15) is 12.3 Å². The van der Waals surface area contributed by atoms with E-state index in [0.717, 1.165) is 15.9 Å². The number of methoxy groups -OCH3 is 1. The summed E-state index contributed by atoms with van der Waals surface area (Å²) in [6.07, 6.45) is 1.47. The Morgan fingerprint density at radius 2 is 1.81 bits per heavy atom. The van der Waals surface area contributed by atoms with Crippen molar-refractivity contribution in [2.24, 2.45) is 14.1 Å². The maximum Gasteiger partial charge on any atom is 0.332 e. The molecule has 0 aliphatic carbocycles. The quantitative estimate of drug-likeness (QED) is 0.517. The van der Waals surface area contributed by atoms with Gasteiger partial charge in [0.15, 0.2) is 11.2 Å². The minimum Gasteiger partial charge on any atom is -0.497 e. The second-order valence-electron chi connectivity index (χ2n) is 5.98. The minimum absolute atomic E-state index is 0.160. The molecule has 0 spiro atoms. The van der Waals surface area contributed by atoms with E-state index in [1.54, 1.807) is 30.9 Å². The molecule has 4 rings (SSSR count). The molecule has 0 amide bonds. The second kappa shape index (κ2) is 6.24. The van der Waals surface area contributed by atoms with Gasteiger partial charge in [-0.15, -0.1) is 10.2 Å².